The van der Waals surface area contributed by atoms with E-state index in [1.165, 1.54) is 0 Å². The molecule has 4 aliphatic heterocycles. The fourth-order valence-electron chi connectivity index (χ4n) is 4.76. The second kappa shape index (κ2) is 10.9. The van der Waals surface area contributed by atoms with Crippen molar-refractivity contribution in [3.05, 3.63) is 0 Å². The van der Waals surface area contributed by atoms with Gasteiger partial charge in [-0.25, -0.2) is 4.79 Å². The SMILES string of the molecule is N[C@H]1[C@@H](OC2[C@@H](CO)O[C@@H](OC3[C@@H](CO)O[C@@H](O)[C@H](N)[C@H]3O)[C@H](N)[C@H]2O)O[C@]2(CO)OC(=O)O[C@@]2(O)[C@@H]1O. The van der Waals surface area contributed by atoms with Crippen molar-refractivity contribution in [2.24, 2.45) is 17.2 Å². The fourth-order valence-corrected chi connectivity index (χ4v) is 4.76. The van der Waals surface area contributed by atoms with Crippen LogP contribution in [-0.2, 0) is 33.2 Å². The van der Waals surface area contributed by atoms with E-state index in [1.54, 1.807) is 0 Å². The van der Waals surface area contributed by atoms with Crippen LogP contribution in [0.1, 0.15) is 0 Å². The van der Waals surface area contributed by atoms with Crippen molar-refractivity contribution < 1.29 is 78.8 Å². The Balaban J connectivity index is 1.50. The molecule has 0 radical (unpaired) electrons. The van der Waals surface area contributed by atoms with Gasteiger partial charge in [0.25, 0.3) is 0 Å². The standard InChI is InChI=1S/C19H33N3O16/c20-6-9(26)11(4(1-23)32-14(6)29)34-15-7(21)10(27)12(5(2-24)33-15)35-16-8(22)13(28)19(31)18(3-25,36-16)37-17(30)38-19/h4-16,23-29,31H,1-3,20-22H2/t4-,5-,6-,7-,8-,9-,10-,11?,12?,13-,14-,15+,16+,18-,19+/m1/s1. The molecular weight excluding hydrogens is 526 g/mol. The fraction of sp³-hybridized carbons (Fsp3) is 0.947. The average Bonchev–Trinajstić information content (AvgIpc) is 3.16. The van der Waals surface area contributed by atoms with Gasteiger partial charge >= 0.3 is 17.7 Å². The van der Waals surface area contributed by atoms with Crippen LogP contribution in [0.5, 0.6) is 0 Å². The van der Waals surface area contributed by atoms with Gasteiger partial charge in [-0.05, 0) is 0 Å². The number of hydrogen-bond donors (Lipinski definition) is 11. The molecule has 4 aliphatic rings. The van der Waals surface area contributed by atoms with Crippen molar-refractivity contribution in [2.75, 3.05) is 19.8 Å². The van der Waals surface area contributed by atoms with E-state index in [0.717, 1.165) is 0 Å². The Morgan fingerprint density at radius 3 is 1.92 bits per heavy atom. The maximum absolute atomic E-state index is 11.7. The molecule has 0 amide bonds. The summed E-state index contributed by atoms with van der Waals surface area (Å²) in [5.74, 6) is -5.54. The first kappa shape index (κ1) is 29.6. The molecule has 14 N–H and O–H groups in total. The van der Waals surface area contributed by atoms with Crippen molar-refractivity contribution in [3.8, 4) is 0 Å². The average molecular weight is 559 g/mol. The van der Waals surface area contributed by atoms with Crippen LogP contribution in [0, 0.1) is 0 Å². The molecule has 4 heterocycles. The lowest BCUT2D eigenvalue weighted by Gasteiger charge is -2.50. The molecule has 0 saturated carbocycles. The Morgan fingerprint density at radius 2 is 1.34 bits per heavy atom. The minimum Gasteiger partial charge on any atom is -0.394 e. The molecular formula is C19H33N3O16. The number of carbonyl (C=O) groups excluding carboxylic acids is 1. The van der Waals surface area contributed by atoms with E-state index in [1.807, 2.05) is 0 Å². The highest BCUT2D eigenvalue weighted by Crippen LogP contribution is 2.45. The number of nitrogens with two attached hydrogens (primary N) is 3. The number of fused-ring (bicyclic) bond motifs is 1. The molecule has 0 aromatic heterocycles. The predicted octanol–water partition coefficient (Wildman–Crippen LogP) is -7.85. The highest BCUT2D eigenvalue weighted by Gasteiger charge is 2.74. The first-order chi connectivity index (χ1) is 17.8. The van der Waals surface area contributed by atoms with Crippen molar-refractivity contribution in [2.45, 2.75) is 91.3 Å². The Hall–Kier alpha value is -1.37. The number of rotatable bonds is 7. The number of aliphatic hydroxyl groups is 8. The summed E-state index contributed by atoms with van der Waals surface area (Å²) in [7, 11) is 0. The van der Waals surface area contributed by atoms with Crippen molar-refractivity contribution in [1.82, 2.24) is 0 Å². The van der Waals surface area contributed by atoms with Gasteiger partial charge in [0, 0.05) is 0 Å². The van der Waals surface area contributed by atoms with Gasteiger partial charge < -0.3 is 91.2 Å². The van der Waals surface area contributed by atoms with Crippen LogP contribution in [0.25, 0.3) is 0 Å². The second-order valence-electron chi connectivity index (χ2n) is 9.38. The summed E-state index contributed by atoms with van der Waals surface area (Å²) in [6, 6.07) is -4.42. The Kier molecular flexibility index (Phi) is 8.49. The molecule has 0 aromatic carbocycles. The quantitative estimate of drug-likeness (QED) is 0.129. The lowest BCUT2D eigenvalue weighted by Crippen LogP contribution is -2.75. The predicted molar refractivity (Wildman–Crippen MR) is 113 cm³/mol. The Bertz CT molecular complexity index is 855. The Labute approximate surface area is 214 Å². The maximum atomic E-state index is 11.7. The minimum atomic E-state index is -2.90. The van der Waals surface area contributed by atoms with Crippen LogP contribution in [0.3, 0.4) is 0 Å². The Morgan fingerprint density at radius 1 is 0.789 bits per heavy atom. The molecule has 4 rings (SSSR count). The third kappa shape index (κ3) is 4.66. The number of ether oxygens (including phenoxy) is 7. The van der Waals surface area contributed by atoms with Gasteiger partial charge in [0.2, 0.25) is 0 Å². The molecule has 0 aliphatic carbocycles. The van der Waals surface area contributed by atoms with Crippen LogP contribution in [0.2, 0.25) is 0 Å². The zero-order chi connectivity index (χ0) is 28.2. The van der Waals surface area contributed by atoms with Crippen LogP contribution in [0.15, 0.2) is 0 Å². The first-order valence-corrected chi connectivity index (χ1v) is 11.6. The lowest BCUT2D eigenvalue weighted by molar-refractivity contribution is -0.434. The van der Waals surface area contributed by atoms with Crippen LogP contribution in [-0.4, -0.2) is 158 Å². The molecule has 19 heteroatoms. The van der Waals surface area contributed by atoms with E-state index < -0.39 is 117 Å². The van der Waals surface area contributed by atoms with E-state index in [9.17, 15) is 45.6 Å². The van der Waals surface area contributed by atoms with E-state index >= 15 is 0 Å². The maximum Gasteiger partial charge on any atom is 0.514 e. The molecule has 0 aromatic rings. The van der Waals surface area contributed by atoms with Crippen LogP contribution >= 0.6 is 0 Å². The lowest BCUT2D eigenvalue weighted by atomic mass is 9.90. The number of aliphatic hydroxyl groups excluding tert-OH is 7. The number of hydrogen-bond acceptors (Lipinski definition) is 19. The second-order valence-corrected chi connectivity index (χ2v) is 9.38. The van der Waals surface area contributed by atoms with Gasteiger partial charge in [-0.1, -0.05) is 0 Å². The summed E-state index contributed by atoms with van der Waals surface area (Å²) < 4.78 is 36.7. The van der Waals surface area contributed by atoms with Crippen molar-refractivity contribution >= 4 is 6.16 Å². The monoisotopic (exact) mass is 559 g/mol. The molecule has 2 unspecified atom stereocenters. The molecule has 15 atom stereocenters. The summed E-state index contributed by atoms with van der Waals surface area (Å²) in [4.78, 5) is 11.7. The molecule has 4 saturated heterocycles. The molecule has 0 spiro atoms. The minimum absolute atomic E-state index is 0.697. The van der Waals surface area contributed by atoms with Gasteiger partial charge in [0.1, 0.15) is 49.3 Å². The molecule has 38 heavy (non-hydrogen) atoms. The third-order valence-corrected chi connectivity index (χ3v) is 7.03. The molecule has 220 valence electrons. The van der Waals surface area contributed by atoms with E-state index in [0.29, 0.717) is 0 Å². The third-order valence-electron chi connectivity index (χ3n) is 7.03. The normalized spacial score (nSPS) is 53.2. The highest BCUT2D eigenvalue weighted by atomic mass is 16.9. The highest BCUT2D eigenvalue weighted by molar-refractivity contribution is 5.64. The summed E-state index contributed by atoms with van der Waals surface area (Å²) in [5, 5.41) is 81.5. The smallest absolute Gasteiger partial charge is 0.394 e. The summed E-state index contributed by atoms with van der Waals surface area (Å²) in [5.41, 5.74) is 17.7. The molecule has 4 fully saturated rings. The summed E-state index contributed by atoms with van der Waals surface area (Å²) in [6.45, 7) is -2.70. The van der Waals surface area contributed by atoms with Gasteiger partial charge in [0.05, 0.1) is 31.3 Å². The molecule has 0 bridgehead atoms. The van der Waals surface area contributed by atoms with Crippen molar-refractivity contribution in [1.29, 1.82) is 0 Å². The largest absolute Gasteiger partial charge is 0.514 e. The topological polar surface area (TPSA) is 322 Å². The van der Waals surface area contributed by atoms with Crippen molar-refractivity contribution in [3.63, 3.8) is 0 Å². The summed E-state index contributed by atoms with van der Waals surface area (Å²) in [6.07, 6.45) is -17.4. The zero-order valence-electron chi connectivity index (χ0n) is 19.7. The van der Waals surface area contributed by atoms with E-state index in [-0.39, 0.29) is 0 Å². The van der Waals surface area contributed by atoms with Crippen LogP contribution in [0.4, 0.5) is 4.79 Å². The molecule has 19 nitrogen and oxygen atoms in total. The first-order valence-electron chi connectivity index (χ1n) is 11.6. The van der Waals surface area contributed by atoms with Gasteiger partial charge in [-0.2, -0.15) is 0 Å². The van der Waals surface area contributed by atoms with Gasteiger partial charge in [0.15, 0.2) is 18.9 Å². The van der Waals surface area contributed by atoms with Gasteiger partial charge in [-0.15, -0.1) is 0 Å². The van der Waals surface area contributed by atoms with Crippen LogP contribution < -0.4 is 17.2 Å². The van der Waals surface area contributed by atoms with Gasteiger partial charge in [-0.3, -0.25) is 0 Å². The number of carbonyl (C=O) groups is 1. The van der Waals surface area contributed by atoms with E-state index in [2.05, 4.69) is 4.74 Å². The van der Waals surface area contributed by atoms with E-state index in [4.69, 9.17) is 45.6 Å². The zero-order valence-corrected chi connectivity index (χ0v) is 19.7. The summed E-state index contributed by atoms with van der Waals surface area (Å²) >= 11 is 0.